The third-order valence-electron chi connectivity index (χ3n) is 3.41. The number of aryl methyl sites for hydroxylation is 2. The lowest BCUT2D eigenvalue weighted by Gasteiger charge is -2.08. The Balaban J connectivity index is 1.71. The minimum atomic E-state index is -3.13. The van der Waals surface area contributed by atoms with Crippen LogP contribution in [0.4, 0.5) is 18.9 Å². The van der Waals surface area contributed by atoms with Gasteiger partial charge >= 0.3 is 6.61 Å². The van der Waals surface area contributed by atoms with Crippen LogP contribution in [0.15, 0.2) is 24.3 Å². The van der Waals surface area contributed by atoms with E-state index in [-0.39, 0.29) is 17.9 Å². The normalized spacial score (nSPS) is 11.2. The second kappa shape index (κ2) is 6.98. The van der Waals surface area contributed by atoms with Gasteiger partial charge in [-0.25, -0.2) is 13.9 Å². The van der Waals surface area contributed by atoms with Crippen molar-refractivity contribution < 1.29 is 22.7 Å². The summed E-state index contributed by atoms with van der Waals surface area (Å²) in [6, 6.07) is 4.99. The molecule has 26 heavy (non-hydrogen) atoms. The van der Waals surface area contributed by atoms with Gasteiger partial charge in [-0.1, -0.05) is 0 Å². The summed E-state index contributed by atoms with van der Waals surface area (Å²) in [5.41, 5.74) is 1.70. The van der Waals surface area contributed by atoms with E-state index in [1.54, 1.807) is 0 Å². The molecule has 3 rings (SSSR count). The fourth-order valence-corrected chi connectivity index (χ4v) is 2.40. The van der Waals surface area contributed by atoms with Crippen LogP contribution >= 0.6 is 0 Å². The van der Waals surface area contributed by atoms with E-state index in [0.717, 1.165) is 23.5 Å². The van der Waals surface area contributed by atoms with Gasteiger partial charge in [0.1, 0.15) is 0 Å². The number of fused-ring (bicyclic) bond motifs is 1. The zero-order valence-corrected chi connectivity index (χ0v) is 13.8. The number of hydrogen-bond donors (Lipinski definition) is 1. The number of ether oxygens (including phenoxy) is 1. The molecule has 1 N–H and O–H groups in total. The molecule has 0 aliphatic heterocycles. The molecule has 3 aromatic rings. The first-order chi connectivity index (χ1) is 12.3. The molecule has 0 fully saturated rings. The maximum atomic E-state index is 13.7. The highest BCUT2D eigenvalue weighted by Crippen LogP contribution is 2.22. The number of halogens is 3. The predicted molar refractivity (Wildman–Crippen MR) is 85.6 cm³/mol. The van der Waals surface area contributed by atoms with Gasteiger partial charge in [0.15, 0.2) is 17.4 Å². The number of anilines is 1. The number of nitrogens with zero attached hydrogens (tertiary/aromatic N) is 4. The SMILES string of the molecule is Cc1cc(C)n2nc(CC(=O)Nc3ccc(OC(F)F)c(F)c3)nc2n1. The Kier molecular flexibility index (Phi) is 4.74. The standard InChI is InChI=1S/C16H14F3N5O2/c1-8-5-9(2)24-16(20-8)22-13(23-24)7-14(25)21-10-3-4-12(11(17)6-10)26-15(18)19/h3-6,15H,7H2,1-2H3,(H,21,25). The maximum absolute atomic E-state index is 13.7. The fourth-order valence-electron chi connectivity index (χ4n) is 2.40. The van der Waals surface area contributed by atoms with Crippen LogP contribution in [0.25, 0.3) is 5.78 Å². The zero-order chi connectivity index (χ0) is 18.8. The summed E-state index contributed by atoms with van der Waals surface area (Å²) in [6.07, 6.45) is -0.154. The maximum Gasteiger partial charge on any atom is 0.387 e. The quantitative estimate of drug-likeness (QED) is 0.752. The van der Waals surface area contributed by atoms with Gasteiger partial charge in [0.2, 0.25) is 5.91 Å². The lowest BCUT2D eigenvalue weighted by molar-refractivity contribution is -0.115. The number of alkyl halides is 2. The molecule has 10 heteroatoms. The largest absolute Gasteiger partial charge is 0.432 e. The second-order valence-corrected chi connectivity index (χ2v) is 5.53. The van der Waals surface area contributed by atoms with Crippen molar-refractivity contribution in [2.24, 2.45) is 0 Å². The zero-order valence-electron chi connectivity index (χ0n) is 13.8. The molecule has 0 atom stereocenters. The number of carbonyl (C=O) groups is 1. The highest BCUT2D eigenvalue weighted by molar-refractivity contribution is 5.91. The van der Waals surface area contributed by atoms with Crippen molar-refractivity contribution in [1.29, 1.82) is 0 Å². The molecule has 0 aliphatic rings. The van der Waals surface area contributed by atoms with Crippen molar-refractivity contribution in [2.75, 3.05) is 5.32 Å². The smallest absolute Gasteiger partial charge is 0.387 e. The molecular weight excluding hydrogens is 351 g/mol. The van der Waals surface area contributed by atoms with Gasteiger partial charge < -0.3 is 10.1 Å². The Morgan fingerprint density at radius 2 is 2.04 bits per heavy atom. The number of rotatable bonds is 5. The van der Waals surface area contributed by atoms with E-state index >= 15 is 0 Å². The first kappa shape index (κ1) is 17.6. The van der Waals surface area contributed by atoms with Crippen molar-refractivity contribution in [2.45, 2.75) is 26.9 Å². The monoisotopic (exact) mass is 365 g/mol. The third kappa shape index (κ3) is 3.90. The van der Waals surface area contributed by atoms with E-state index in [4.69, 9.17) is 0 Å². The Morgan fingerprint density at radius 3 is 2.73 bits per heavy atom. The van der Waals surface area contributed by atoms with Crippen LogP contribution in [0.3, 0.4) is 0 Å². The van der Waals surface area contributed by atoms with Gasteiger partial charge in [-0.05, 0) is 32.0 Å². The third-order valence-corrected chi connectivity index (χ3v) is 3.41. The Hall–Kier alpha value is -3.17. The van der Waals surface area contributed by atoms with Gasteiger partial charge in [0.25, 0.3) is 5.78 Å². The van der Waals surface area contributed by atoms with Crippen LogP contribution < -0.4 is 10.1 Å². The van der Waals surface area contributed by atoms with Gasteiger partial charge in [-0.15, -0.1) is 5.10 Å². The molecule has 0 unspecified atom stereocenters. The lowest BCUT2D eigenvalue weighted by Crippen LogP contribution is -2.15. The summed E-state index contributed by atoms with van der Waals surface area (Å²) < 4.78 is 43.4. The summed E-state index contributed by atoms with van der Waals surface area (Å²) in [4.78, 5) is 20.5. The van der Waals surface area contributed by atoms with E-state index in [9.17, 15) is 18.0 Å². The highest BCUT2D eigenvalue weighted by Gasteiger charge is 2.14. The van der Waals surface area contributed by atoms with Crippen molar-refractivity contribution in [3.63, 3.8) is 0 Å². The molecule has 2 aromatic heterocycles. The van der Waals surface area contributed by atoms with Crippen LogP contribution in [0, 0.1) is 19.7 Å². The summed E-state index contributed by atoms with van der Waals surface area (Å²) in [5, 5.41) is 6.65. The van der Waals surface area contributed by atoms with E-state index in [0.29, 0.717) is 5.78 Å². The fraction of sp³-hybridized carbons (Fsp3) is 0.250. The molecular formula is C16H14F3N5O2. The minimum Gasteiger partial charge on any atom is -0.432 e. The first-order valence-corrected chi connectivity index (χ1v) is 7.56. The molecule has 1 aromatic carbocycles. The van der Waals surface area contributed by atoms with Crippen LogP contribution in [-0.2, 0) is 11.2 Å². The van der Waals surface area contributed by atoms with E-state index < -0.39 is 24.1 Å². The van der Waals surface area contributed by atoms with Crippen molar-refractivity contribution in [1.82, 2.24) is 19.6 Å². The average molecular weight is 365 g/mol. The number of nitrogens with one attached hydrogen (secondary N) is 1. The van der Waals surface area contributed by atoms with Gasteiger partial charge in [0.05, 0.1) is 6.42 Å². The summed E-state index contributed by atoms with van der Waals surface area (Å²) in [7, 11) is 0. The van der Waals surface area contributed by atoms with Crippen molar-refractivity contribution in [3.05, 3.63) is 47.3 Å². The molecule has 0 saturated carbocycles. The van der Waals surface area contributed by atoms with Gasteiger partial charge in [0, 0.05) is 23.1 Å². The average Bonchev–Trinajstić information content (AvgIpc) is 2.92. The van der Waals surface area contributed by atoms with Crippen LogP contribution in [0.5, 0.6) is 5.75 Å². The van der Waals surface area contributed by atoms with Gasteiger partial charge in [-0.2, -0.15) is 13.8 Å². The molecule has 136 valence electrons. The van der Waals surface area contributed by atoms with Crippen LogP contribution in [0.1, 0.15) is 17.2 Å². The molecule has 7 nitrogen and oxygen atoms in total. The predicted octanol–water partition coefficient (Wildman–Crippen LogP) is 2.66. The lowest BCUT2D eigenvalue weighted by atomic mass is 10.2. The second-order valence-electron chi connectivity index (χ2n) is 5.53. The first-order valence-electron chi connectivity index (χ1n) is 7.56. The van der Waals surface area contributed by atoms with Crippen LogP contribution in [-0.4, -0.2) is 32.1 Å². The van der Waals surface area contributed by atoms with Crippen molar-refractivity contribution in [3.8, 4) is 5.75 Å². The Labute approximate surface area is 145 Å². The molecule has 0 aliphatic carbocycles. The molecule has 1 amide bonds. The molecule has 0 saturated heterocycles. The minimum absolute atomic E-state index is 0.100. The number of carbonyl (C=O) groups excluding carboxylic acids is 1. The number of benzene rings is 1. The van der Waals surface area contributed by atoms with Crippen LogP contribution in [0.2, 0.25) is 0 Å². The van der Waals surface area contributed by atoms with E-state index in [1.807, 2.05) is 19.9 Å². The Bertz CT molecular complexity index is 974. The van der Waals surface area contributed by atoms with E-state index in [1.165, 1.54) is 10.6 Å². The molecule has 0 bridgehead atoms. The topological polar surface area (TPSA) is 81.4 Å². The molecule has 0 spiro atoms. The number of hydrogen-bond acceptors (Lipinski definition) is 5. The molecule has 0 radical (unpaired) electrons. The molecule has 2 heterocycles. The Morgan fingerprint density at radius 1 is 1.27 bits per heavy atom. The summed E-state index contributed by atoms with van der Waals surface area (Å²) in [5.74, 6) is -1.47. The van der Waals surface area contributed by atoms with Gasteiger partial charge in [-0.3, -0.25) is 4.79 Å². The number of amides is 1. The van der Waals surface area contributed by atoms with Crippen molar-refractivity contribution >= 4 is 17.4 Å². The summed E-state index contributed by atoms with van der Waals surface area (Å²) >= 11 is 0. The van der Waals surface area contributed by atoms with E-state index in [2.05, 4.69) is 25.1 Å². The summed E-state index contributed by atoms with van der Waals surface area (Å²) in [6.45, 7) is 0.530. The number of aromatic nitrogens is 4. The highest BCUT2D eigenvalue weighted by atomic mass is 19.3.